The second-order valence-corrected chi connectivity index (χ2v) is 8.13. The van der Waals surface area contributed by atoms with Crippen molar-refractivity contribution in [1.29, 1.82) is 0 Å². The van der Waals surface area contributed by atoms with Gasteiger partial charge < -0.3 is 9.64 Å². The lowest BCUT2D eigenvalue weighted by Crippen LogP contribution is -2.53. The maximum Gasteiger partial charge on any atom is 0.269 e. The third kappa shape index (κ3) is 4.74. The number of hydrogen-bond donors (Lipinski definition) is 0. The Morgan fingerprint density at radius 3 is 2.43 bits per heavy atom. The van der Waals surface area contributed by atoms with Crippen LogP contribution in [0.25, 0.3) is 0 Å². The fraction of sp³-hybridized carbons (Fsp3) is 0.478. The van der Waals surface area contributed by atoms with Crippen molar-refractivity contribution in [2.75, 3.05) is 51.3 Å². The molecule has 2 aromatic rings. The molecule has 7 nitrogen and oxygen atoms in total. The van der Waals surface area contributed by atoms with E-state index in [0.717, 1.165) is 70.0 Å². The van der Waals surface area contributed by atoms with Crippen LogP contribution in [-0.4, -0.2) is 67.1 Å². The SMILES string of the molecule is COc1ccccc1N1CCN(C2CCN(Cc3cccc([N+](=O)[O-])c3)CC2)CC1. The fourth-order valence-electron chi connectivity index (χ4n) is 4.69. The van der Waals surface area contributed by atoms with Crippen LogP contribution in [0, 0.1) is 10.1 Å². The van der Waals surface area contributed by atoms with Gasteiger partial charge in [-0.2, -0.15) is 0 Å². The van der Waals surface area contributed by atoms with Crippen LogP contribution in [0.1, 0.15) is 18.4 Å². The third-order valence-electron chi connectivity index (χ3n) is 6.34. The number of hydrogen-bond acceptors (Lipinski definition) is 6. The summed E-state index contributed by atoms with van der Waals surface area (Å²) >= 11 is 0. The van der Waals surface area contributed by atoms with Crippen LogP contribution in [0.4, 0.5) is 11.4 Å². The van der Waals surface area contributed by atoms with E-state index in [-0.39, 0.29) is 10.6 Å². The van der Waals surface area contributed by atoms with E-state index in [9.17, 15) is 10.1 Å². The summed E-state index contributed by atoms with van der Waals surface area (Å²) in [6.07, 6.45) is 2.31. The highest BCUT2D eigenvalue weighted by Crippen LogP contribution is 2.29. The molecule has 160 valence electrons. The Bertz CT molecular complexity index is 859. The van der Waals surface area contributed by atoms with E-state index in [2.05, 4.69) is 26.8 Å². The number of likely N-dealkylation sites (tertiary alicyclic amines) is 1. The second kappa shape index (κ2) is 9.45. The van der Waals surface area contributed by atoms with E-state index >= 15 is 0 Å². The van der Waals surface area contributed by atoms with E-state index in [4.69, 9.17) is 4.74 Å². The molecule has 0 aromatic heterocycles. The van der Waals surface area contributed by atoms with Crippen LogP contribution >= 0.6 is 0 Å². The Balaban J connectivity index is 1.26. The molecule has 2 aliphatic heterocycles. The van der Waals surface area contributed by atoms with Crippen molar-refractivity contribution in [2.45, 2.75) is 25.4 Å². The van der Waals surface area contributed by atoms with Crippen LogP contribution in [-0.2, 0) is 6.54 Å². The molecule has 0 atom stereocenters. The first-order chi connectivity index (χ1) is 14.6. The molecule has 30 heavy (non-hydrogen) atoms. The Hall–Kier alpha value is -2.64. The monoisotopic (exact) mass is 410 g/mol. The van der Waals surface area contributed by atoms with Gasteiger partial charge in [0.15, 0.2) is 0 Å². The lowest BCUT2D eigenvalue weighted by Gasteiger charge is -2.43. The number of rotatable bonds is 6. The predicted octanol–water partition coefficient (Wildman–Crippen LogP) is 3.39. The summed E-state index contributed by atoms with van der Waals surface area (Å²) in [5.41, 5.74) is 2.38. The molecule has 2 saturated heterocycles. The molecule has 2 aliphatic rings. The molecule has 0 spiro atoms. The number of piperazine rings is 1. The van der Waals surface area contributed by atoms with Gasteiger partial charge in [0, 0.05) is 50.9 Å². The van der Waals surface area contributed by atoms with Crippen LogP contribution in [0.15, 0.2) is 48.5 Å². The summed E-state index contributed by atoms with van der Waals surface area (Å²) in [5.74, 6) is 0.945. The molecule has 2 heterocycles. The molecule has 4 rings (SSSR count). The van der Waals surface area contributed by atoms with Crippen molar-refractivity contribution >= 4 is 11.4 Å². The number of nitro groups is 1. The number of para-hydroxylation sites is 2. The van der Waals surface area contributed by atoms with E-state index in [1.54, 1.807) is 25.3 Å². The first kappa shape index (κ1) is 20.6. The zero-order chi connectivity index (χ0) is 20.9. The lowest BCUT2D eigenvalue weighted by atomic mass is 10.0. The number of piperidine rings is 1. The van der Waals surface area contributed by atoms with Gasteiger partial charge in [0.05, 0.1) is 17.7 Å². The van der Waals surface area contributed by atoms with Gasteiger partial charge in [-0.1, -0.05) is 24.3 Å². The minimum absolute atomic E-state index is 0.176. The van der Waals surface area contributed by atoms with Gasteiger partial charge in [0.2, 0.25) is 0 Å². The van der Waals surface area contributed by atoms with Crippen LogP contribution in [0.2, 0.25) is 0 Å². The number of benzene rings is 2. The highest BCUT2D eigenvalue weighted by Gasteiger charge is 2.28. The summed E-state index contributed by atoms with van der Waals surface area (Å²) in [6, 6.07) is 15.9. The number of nitrogens with zero attached hydrogens (tertiary/aromatic N) is 4. The zero-order valence-electron chi connectivity index (χ0n) is 17.6. The molecule has 0 unspecified atom stereocenters. The number of methoxy groups -OCH3 is 1. The highest BCUT2D eigenvalue weighted by molar-refractivity contribution is 5.58. The maximum atomic E-state index is 11.0. The van der Waals surface area contributed by atoms with Gasteiger partial charge in [-0.05, 0) is 43.6 Å². The molecule has 0 amide bonds. The minimum Gasteiger partial charge on any atom is -0.495 e. The van der Waals surface area contributed by atoms with Gasteiger partial charge in [-0.3, -0.25) is 19.9 Å². The van der Waals surface area contributed by atoms with E-state index < -0.39 is 0 Å². The molecule has 2 fully saturated rings. The van der Waals surface area contributed by atoms with Crippen molar-refractivity contribution in [3.8, 4) is 5.75 Å². The van der Waals surface area contributed by atoms with E-state index in [1.165, 1.54) is 5.69 Å². The lowest BCUT2D eigenvalue weighted by molar-refractivity contribution is -0.384. The highest BCUT2D eigenvalue weighted by atomic mass is 16.6. The molecule has 0 bridgehead atoms. The number of non-ortho nitro benzene ring substituents is 1. The number of ether oxygens (including phenoxy) is 1. The van der Waals surface area contributed by atoms with Crippen LogP contribution in [0.3, 0.4) is 0 Å². The maximum absolute atomic E-state index is 11.0. The fourth-order valence-corrected chi connectivity index (χ4v) is 4.69. The number of anilines is 1. The smallest absolute Gasteiger partial charge is 0.269 e. The van der Waals surface area contributed by atoms with Gasteiger partial charge in [0.25, 0.3) is 5.69 Å². The summed E-state index contributed by atoms with van der Waals surface area (Å²) in [6.45, 7) is 7.07. The van der Waals surface area contributed by atoms with Crippen molar-refractivity contribution in [3.63, 3.8) is 0 Å². The summed E-state index contributed by atoms with van der Waals surface area (Å²) < 4.78 is 5.52. The largest absolute Gasteiger partial charge is 0.495 e. The number of nitro benzene ring substituents is 1. The Morgan fingerprint density at radius 1 is 1.00 bits per heavy atom. The molecule has 2 aromatic carbocycles. The molecule has 0 aliphatic carbocycles. The van der Waals surface area contributed by atoms with Crippen molar-refractivity contribution in [3.05, 3.63) is 64.2 Å². The van der Waals surface area contributed by atoms with E-state index in [1.807, 2.05) is 18.2 Å². The average Bonchev–Trinajstić information content (AvgIpc) is 2.80. The van der Waals surface area contributed by atoms with Crippen molar-refractivity contribution in [1.82, 2.24) is 9.80 Å². The summed E-state index contributed by atoms with van der Waals surface area (Å²) in [4.78, 5) is 18.1. The first-order valence-electron chi connectivity index (χ1n) is 10.7. The Labute approximate surface area is 178 Å². The topological polar surface area (TPSA) is 62.1 Å². The standard InChI is InChI=1S/C23H30N4O3/c1-30-23-8-3-2-7-22(23)26-15-13-25(14-16-26)20-9-11-24(12-10-20)18-19-5-4-6-21(17-19)27(28)29/h2-8,17,20H,9-16,18H2,1H3. The zero-order valence-corrected chi connectivity index (χ0v) is 17.6. The summed E-state index contributed by atoms with van der Waals surface area (Å²) in [5, 5.41) is 11.0. The van der Waals surface area contributed by atoms with Gasteiger partial charge in [-0.15, -0.1) is 0 Å². The quantitative estimate of drug-likeness (QED) is 0.537. The van der Waals surface area contributed by atoms with Crippen LogP contribution < -0.4 is 9.64 Å². The second-order valence-electron chi connectivity index (χ2n) is 8.13. The minimum atomic E-state index is -0.319. The molecular formula is C23H30N4O3. The predicted molar refractivity (Wildman–Crippen MR) is 118 cm³/mol. The first-order valence-corrected chi connectivity index (χ1v) is 10.7. The molecule has 0 saturated carbocycles. The van der Waals surface area contributed by atoms with Crippen LogP contribution in [0.5, 0.6) is 5.75 Å². The van der Waals surface area contributed by atoms with Crippen molar-refractivity contribution < 1.29 is 9.66 Å². The normalized spacial score (nSPS) is 19.0. The summed E-state index contributed by atoms with van der Waals surface area (Å²) in [7, 11) is 1.73. The third-order valence-corrected chi connectivity index (χ3v) is 6.34. The molecular weight excluding hydrogens is 380 g/mol. The van der Waals surface area contributed by atoms with Gasteiger partial charge in [0.1, 0.15) is 5.75 Å². The van der Waals surface area contributed by atoms with Gasteiger partial charge >= 0.3 is 0 Å². The van der Waals surface area contributed by atoms with E-state index in [0.29, 0.717) is 6.04 Å². The average molecular weight is 411 g/mol. The molecule has 0 radical (unpaired) electrons. The molecule has 0 N–H and O–H groups in total. The Kier molecular flexibility index (Phi) is 6.50. The molecule has 7 heteroatoms. The Morgan fingerprint density at radius 2 is 1.73 bits per heavy atom. The van der Waals surface area contributed by atoms with Gasteiger partial charge in [-0.25, -0.2) is 0 Å². The van der Waals surface area contributed by atoms with Crippen molar-refractivity contribution in [2.24, 2.45) is 0 Å².